The lowest BCUT2D eigenvalue weighted by Gasteiger charge is -2.26. The maximum atomic E-state index is 10.4. The standard InChI is InChI=1S/C15H23NOS/c1-11-5-12(2)7-13(6-11)8-18-10-15(17,9-16)14-3-4-14/h5-7,14,17H,3-4,8-10,16H2,1-2H3. The van der Waals surface area contributed by atoms with E-state index in [9.17, 15) is 5.11 Å². The fourth-order valence-corrected chi connectivity index (χ4v) is 3.67. The Bertz CT molecular complexity index is 397. The highest BCUT2D eigenvalue weighted by Gasteiger charge is 2.42. The molecule has 3 heteroatoms. The Morgan fingerprint density at radius 1 is 1.28 bits per heavy atom. The lowest BCUT2D eigenvalue weighted by Crippen LogP contribution is -2.42. The van der Waals surface area contributed by atoms with E-state index >= 15 is 0 Å². The molecule has 18 heavy (non-hydrogen) atoms. The lowest BCUT2D eigenvalue weighted by molar-refractivity contribution is 0.0510. The monoisotopic (exact) mass is 265 g/mol. The van der Waals surface area contributed by atoms with Gasteiger partial charge in [-0.05, 0) is 38.2 Å². The van der Waals surface area contributed by atoms with E-state index in [0.717, 1.165) is 24.3 Å². The maximum absolute atomic E-state index is 10.4. The van der Waals surface area contributed by atoms with Crippen LogP contribution in [0, 0.1) is 19.8 Å². The van der Waals surface area contributed by atoms with Gasteiger partial charge in [0.1, 0.15) is 0 Å². The van der Waals surface area contributed by atoms with Crippen molar-refractivity contribution in [1.82, 2.24) is 0 Å². The van der Waals surface area contributed by atoms with E-state index in [2.05, 4.69) is 32.0 Å². The highest BCUT2D eigenvalue weighted by molar-refractivity contribution is 7.98. The third-order valence-corrected chi connectivity index (χ3v) is 4.83. The molecule has 1 aliphatic rings. The molecule has 2 rings (SSSR count). The Hall–Kier alpha value is -0.510. The number of rotatable bonds is 6. The first-order valence-electron chi connectivity index (χ1n) is 6.61. The largest absolute Gasteiger partial charge is 0.387 e. The van der Waals surface area contributed by atoms with Crippen LogP contribution < -0.4 is 5.73 Å². The topological polar surface area (TPSA) is 46.2 Å². The molecule has 1 fully saturated rings. The molecule has 0 bridgehead atoms. The number of nitrogens with two attached hydrogens (primary N) is 1. The Morgan fingerprint density at radius 2 is 1.89 bits per heavy atom. The van der Waals surface area contributed by atoms with Gasteiger partial charge < -0.3 is 10.8 Å². The summed E-state index contributed by atoms with van der Waals surface area (Å²) in [6.45, 7) is 4.64. The molecular formula is C15H23NOS. The van der Waals surface area contributed by atoms with Crippen LogP contribution in [-0.2, 0) is 5.75 Å². The van der Waals surface area contributed by atoms with E-state index in [0.29, 0.717) is 12.5 Å². The minimum absolute atomic E-state index is 0.386. The summed E-state index contributed by atoms with van der Waals surface area (Å²) < 4.78 is 0. The van der Waals surface area contributed by atoms with E-state index in [4.69, 9.17) is 5.73 Å². The lowest BCUT2D eigenvalue weighted by atomic mass is 10.0. The second kappa shape index (κ2) is 5.64. The van der Waals surface area contributed by atoms with Crippen molar-refractivity contribution >= 4 is 11.8 Å². The van der Waals surface area contributed by atoms with Crippen LogP contribution in [0.3, 0.4) is 0 Å². The molecule has 1 saturated carbocycles. The summed E-state index contributed by atoms with van der Waals surface area (Å²) >= 11 is 1.79. The van der Waals surface area contributed by atoms with Crippen LogP contribution in [0.15, 0.2) is 18.2 Å². The normalized spacial score (nSPS) is 18.7. The van der Waals surface area contributed by atoms with Gasteiger partial charge in [-0.2, -0.15) is 11.8 Å². The summed E-state index contributed by atoms with van der Waals surface area (Å²) in [5.41, 5.74) is 9.03. The molecule has 0 heterocycles. The molecule has 100 valence electrons. The summed E-state index contributed by atoms with van der Waals surface area (Å²) in [7, 11) is 0. The van der Waals surface area contributed by atoms with E-state index in [1.807, 2.05) is 0 Å². The summed E-state index contributed by atoms with van der Waals surface area (Å²) in [5.74, 6) is 2.15. The second-order valence-electron chi connectivity index (χ2n) is 5.57. The molecule has 0 saturated heterocycles. The SMILES string of the molecule is Cc1cc(C)cc(CSCC(O)(CN)C2CC2)c1. The van der Waals surface area contributed by atoms with Gasteiger partial charge in [-0.25, -0.2) is 0 Å². The summed E-state index contributed by atoms with van der Waals surface area (Å²) in [6, 6.07) is 6.63. The first kappa shape index (κ1) is 13.9. The van der Waals surface area contributed by atoms with Gasteiger partial charge in [-0.3, -0.25) is 0 Å². The number of hydrogen-bond donors (Lipinski definition) is 2. The molecule has 0 amide bonds. The van der Waals surface area contributed by atoms with Gasteiger partial charge in [0.2, 0.25) is 0 Å². The third kappa shape index (κ3) is 3.50. The summed E-state index contributed by atoms with van der Waals surface area (Å²) in [5, 5.41) is 10.4. The van der Waals surface area contributed by atoms with Crippen LogP contribution in [0.5, 0.6) is 0 Å². The molecule has 1 unspecified atom stereocenters. The Labute approximate surface area is 114 Å². The summed E-state index contributed by atoms with van der Waals surface area (Å²) in [6.07, 6.45) is 2.27. The first-order chi connectivity index (χ1) is 8.53. The van der Waals surface area contributed by atoms with Crippen molar-refractivity contribution in [2.24, 2.45) is 11.7 Å². The van der Waals surface area contributed by atoms with Crippen LogP contribution in [0.2, 0.25) is 0 Å². The average Bonchev–Trinajstić information content (AvgIpc) is 3.11. The molecule has 0 aliphatic heterocycles. The third-order valence-electron chi connectivity index (χ3n) is 3.59. The molecule has 0 aromatic heterocycles. The molecule has 1 aliphatic carbocycles. The van der Waals surface area contributed by atoms with Gasteiger partial charge in [-0.15, -0.1) is 0 Å². The summed E-state index contributed by atoms with van der Waals surface area (Å²) in [4.78, 5) is 0. The van der Waals surface area contributed by atoms with Gasteiger partial charge in [0, 0.05) is 18.1 Å². The predicted octanol–water partition coefficient (Wildman–Crippen LogP) is 2.64. The van der Waals surface area contributed by atoms with Gasteiger partial charge >= 0.3 is 0 Å². The van der Waals surface area contributed by atoms with Gasteiger partial charge in [0.25, 0.3) is 0 Å². The molecule has 0 spiro atoms. The molecule has 0 radical (unpaired) electrons. The zero-order valence-corrected chi connectivity index (χ0v) is 12.1. The average molecular weight is 265 g/mol. The fourth-order valence-electron chi connectivity index (χ4n) is 2.46. The van der Waals surface area contributed by atoms with Crippen LogP contribution in [-0.4, -0.2) is 23.0 Å². The minimum atomic E-state index is -0.635. The molecular weight excluding hydrogens is 242 g/mol. The number of aryl methyl sites for hydroxylation is 2. The molecule has 2 nitrogen and oxygen atoms in total. The zero-order chi connectivity index (χ0) is 13.2. The molecule has 3 N–H and O–H groups in total. The van der Waals surface area contributed by atoms with Crippen LogP contribution in [0.25, 0.3) is 0 Å². The maximum Gasteiger partial charge on any atom is 0.0887 e. The van der Waals surface area contributed by atoms with E-state index < -0.39 is 5.60 Å². The van der Waals surface area contributed by atoms with Gasteiger partial charge in [-0.1, -0.05) is 29.3 Å². The van der Waals surface area contributed by atoms with Crippen molar-refractivity contribution in [3.05, 3.63) is 34.9 Å². The zero-order valence-electron chi connectivity index (χ0n) is 11.3. The smallest absolute Gasteiger partial charge is 0.0887 e. The Balaban J connectivity index is 1.87. The second-order valence-corrected chi connectivity index (χ2v) is 6.56. The predicted molar refractivity (Wildman–Crippen MR) is 78.8 cm³/mol. The van der Waals surface area contributed by atoms with Crippen molar-refractivity contribution in [2.75, 3.05) is 12.3 Å². The fraction of sp³-hybridized carbons (Fsp3) is 0.600. The van der Waals surface area contributed by atoms with E-state index in [-0.39, 0.29) is 0 Å². The Morgan fingerprint density at radius 3 is 2.39 bits per heavy atom. The van der Waals surface area contributed by atoms with Crippen LogP contribution in [0.4, 0.5) is 0 Å². The number of thioether (sulfide) groups is 1. The number of aliphatic hydroxyl groups is 1. The molecule has 1 aromatic carbocycles. The van der Waals surface area contributed by atoms with Crippen molar-refractivity contribution in [2.45, 2.75) is 38.0 Å². The minimum Gasteiger partial charge on any atom is -0.387 e. The van der Waals surface area contributed by atoms with Crippen molar-refractivity contribution in [3.8, 4) is 0 Å². The van der Waals surface area contributed by atoms with E-state index in [1.54, 1.807) is 11.8 Å². The molecule has 1 aromatic rings. The Kier molecular flexibility index (Phi) is 4.36. The van der Waals surface area contributed by atoms with Crippen LogP contribution in [0.1, 0.15) is 29.5 Å². The highest BCUT2D eigenvalue weighted by Crippen LogP contribution is 2.41. The van der Waals surface area contributed by atoms with E-state index in [1.165, 1.54) is 16.7 Å². The molecule has 1 atom stereocenters. The van der Waals surface area contributed by atoms with Crippen molar-refractivity contribution in [3.63, 3.8) is 0 Å². The van der Waals surface area contributed by atoms with Gasteiger partial charge in [0.15, 0.2) is 0 Å². The van der Waals surface area contributed by atoms with Crippen LogP contribution >= 0.6 is 11.8 Å². The van der Waals surface area contributed by atoms with Gasteiger partial charge in [0.05, 0.1) is 5.60 Å². The number of benzene rings is 1. The quantitative estimate of drug-likeness (QED) is 0.831. The number of hydrogen-bond acceptors (Lipinski definition) is 3. The van der Waals surface area contributed by atoms with Crippen molar-refractivity contribution in [1.29, 1.82) is 0 Å². The first-order valence-corrected chi connectivity index (χ1v) is 7.76. The highest BCUT2D eigenvalue weighted by atomic mass is 32.2. The van der Waals surface area contributed by atoms with Crippen molar-refractivity contribution < 1.29 is 5.11 Å².